The number of hydrogen-bond acceptors (Lipinski definition) is 4. The maximum atomic E-state index is 12.2. The Kier molecular flexibility index (Phi) is 5.65. The van der Waals surface area contributed by atoms with E-state index in [1.165, 1.54) is 5.56 Å². The monoisotopic (exact) mass is 318 g/mol. The molecule has 1 aromatic rings. The standard InChI is InChI=1S/C18H26N2O3/c21-17-8-11-23-13-16(17)19-18(22)12-20-9-6-15(7-10-20)14-4-2-1-3-5-14/h1-5,15-17,21H,6-13H2,(H,19,22)/t16-,17-/m1/s1. The lowest BCUT2D eigenvalue weighted by Crippen LogP contribution is -2.52. The summed E-state index contributed by atoms with van der Waals surface area (Å²) in [5.74, 6) is 0.585. The fourth-order valence-electron chi connectivity index (χ4n) is 3.47. The van der Waals surface area contributed by atoms with Crippen LogP contribution in [0.2, 0.25) is 0 Å². The molecule has 5 nitrogen and oxygen atoms in total. The first-order valence-electron chi connectivity index (χ1n) is 8.55. The first-order valence-corrected chi connectivity index (χ1v) is 8.55. The van der Waals surface area contributed by atoms with Crippen LogP contribution in [0.3, 0.4) is 0 Å². The number of benzene rings is 1. The first kappa shape index (κ1) is 16.4. The molecule has 0 spiro atoms. The number of piperidine rings is 1. The van der Waals surface area contributed by atoms with E-state index in [0.29, 0.717) is 32.1 Å². The van der Waals surface area contributed by atoms with Gasteiger partial charge in [0.05, 0.1) is 25.3 Å². The Morgan fingerprint density at radius 3 is 2.65 bits per heavy atom. The fraction of sp³-hybridized carbons (Fsp3) is 0.611. The van der Waals surface area contributed by atoms with Crippen LogP contribution in [0.5, 0.6) is 0 Å². The van der Waals surface area contributed by atoms with Crippen LogP contribution < -0.4 is 5.32 Å². The quantitative estimate of drug-likeness (QED) is 0.874. The Bertz CT molecular complexity index is 500. The number of carbonyl (C=O) groups excluding carboxylic acids is 1. The van der Waals surface area contributed by atoms with E-state index in [1.54, 1.807) is 0 Å². The molecule has 1 amide bonds. The van der Waals surface area contributed by atoms with Crippen molar-refractivity contribution in [3.05, 3.63) is 35.9 Å². The van der Waals surface area contributed by atoms with Gasteiger partial charge in [-0.1, -0.05) is 30.3 Å². The molecular weight excluding hydrogens is 292 g/mol. The molecule has 23 heavy (non-hydrogen) atoms. The summed E-state index contributed by atoms with van der Waals surface area (Å²) in [6.45, 7) is 3.27. The molecule has 2 saturated heterocycles. The van der Waals surface area contributed by atoms with Gasteiger partial charge >= 0.3 is 0 Å². The zero-order valence-electron chi connectivity index (χ0n) is 13.5. The van der Waals surface area contributed by atoms with Gasteiger partial charge in [-0.3, -0.25) is 9.69 Å². The van der Waals surface area contributed by atoms with Crippen molar-refractivity contribution in [3.63, 3.8) is 0 Å². The number of nitrogens with zero attached hydrogens (tertiary/aromatic N) is 1. The third-order valence-corrected chi connectivity index (χ3v) is 4.89. The van der Waals surface area contributed by atoms with E-state index in [-0.39, 0.29) is 11.9 Å². The SMILES string of the molecule is O=C(CN1CCC(c2ccccc2)CC1)N[C@@H]1COCC[C@H]1O. The van der Waals surface area contributed by atoms with Crippen LogP contribution in [0, 0.1) is 0 Å². The van der Waals surface area contributed by atoms with Crippen molar-refractivity contribution in [1.29, 1.82) is 0 Å². The maximum Gasteiger partial charge on any atom is 0.234 e. The summed E-state index contributed by atoms with van der Waals surface area (Å²) >= 11 is 0. The molecule has 3 rings (SSSR count). The van der Waals surface area contributed by atoms with Gasteiger partial charge in [-0.05, 0) is 43.8 Å². The maximum absolute atomic E-state index is 12.2. The molecule has 0 radical (unpaired) electrons. The number of likely N-dealkylation sites (tertiary alicyclic amines) is 1. The molecule has 2 aliphatic heterocycles. The van der Waals surface area contributed by atoms with Gasteiger partial charge in [0.15, 0.2) is 0 Å². The van der Waals surface area contributed by atoms with E-state index < -0.39 is 6.10 Å². The van der Waals surface area contributed by atoms with Crippen LogP contribution in [0.15, 0.2) is 30.3 Å². The topological polar surface area (TPSA) is 61.8 Å². The molecule has 2 N–H and O–H groups in total. The highest BCUT2D eigenvalue weighted by molar-refractivity contribution is 5.78. The number of amides is 1. The number of aliphatic hydroxyl groups excluding tert-OH is 1. The second-order valence-electron chi connectivity index (χ2n) is 6.57. The number of carbonyl (C=O) groups is 1. The number of aliphatic hydroxyl groups is 1. The molecular formula is C18H26N2O3. The van der Waals surface area contributed by atoms with Gasteiger partial charge in [0.1, 0.15) is 0 Å². The van der Waals surface area contributed by atoms with Gasteiger partial charge in [-0.25, -0.2) is 0 Å². The molecule has 0 saturated carbocycles. The molecule has 2 aliphatic rings. The molecule has 0 aliphatic carbocycles. The third kappa shape index (κ3) is 4.53. The second-order valence-corrected chi connectivity index (χ2v) is 6.57. The summed E-state index contributed by atoms with van der Waals surface area (Å²) in [4.78, 5) is 14.4. The average molecular weight is 318 g/mol. The Morgan fingerprint density at radius 1 is 1.22 bits per heavy atom. The molecule has 1 aromatic carbocycles. The normalized spacial score (nSPS) is 26.8. The predicted octanol–water partition coefficient (Wildman–Crippen LogP) is 1.13. The Balaban J connectivity index is 1.42. The minimum absolute atomic E-state index is 0.0160. The lowest BCUT2D eigenvalue weighted by atomic mass is 9.89. The van der Waals surface area contributed by atoms with Crippen molar-refractivity contribution < 1.29 is 14.6 Å². The molecule has 2 heterocycles. The van der Waals surface area contributed by atoms with Crippen molar-refractivity contribution in [2.75, 3.05) is 32.8 Å². The fourth-order valence-corrected chi connectivity index (χ4v) is 3.47. The van der Waals surface area contributed by atoms with Crippen LogP contribution in [-0.4, -0.2) is 60.9 Å². The summed E-state index contributed by atoms with van der Waals surface area (Å²) in [6, 6.07) is 10.3. The Hall–Kier alpha value is -1.43. The third-order valence-electron chi connectivity index (χ3n) is 4.89. The van der Waals surface area contributed by atoms with Gasteiger partial charge in [-0.2, -0.15) is 0 Å². The first-order chi connectivity index (χ1) is 11.2. The molecule has 0 unspecified atom stereocenters. The summed E-state index contributed by atoms with van der Waals surface area (Å²) in [5, 5.41) is 12.8. The van der Waals surface area contributed by atoms with Gasteiger partial charge in [0, 0.05) is 6.61 Å². The molecule has 0 bridgehead atoms. The number of ether oxygens (including phenoxy) is 1. The lowest BCUT2D eigenvalue weighted by Gasteiger charge is -2.33. The van der Waals surface area contributed by atoms with Crippen molar-refractivity contribution in [3.8, 4) is 0 Å². The van der Waals surface area contributed by atoms with E-state index in [4.69, 9.17) is 4.74 Å². The van der Waals surface area contributed by atoms with E-state index in [9.17, 15) is 9.90 Å². The van der Waals surface area contributed by atoms with E-state index in [2.05, 4.69) is 34.5 Å². The van der Waals surface area contributed by atoms with Crippen LogP contribution in [0.25, 0.3) is 0 Å². The highest BCUT2D eigenvalue weighted by Crippen LogP contribution is 2.27. The van der Waals surface area contributed by atoms with Gasteiger partial charge < -0.3 is 15.2 Å². The minimum atomic E-state index is -0.489. The minimum Gasteiger partial charge on any atom is -0.391 e. The van der Waals surface area contributed by atoms with Gasteiger partial charge in [0.25, 0.3) is 0 Å². The predicted molar refractivity (Wildman–Crippen MR) is 88.2 cm³/mol. The largest absolute Gasteiger partial charge is 0.391 e. The molecule has 126 valence electrons. The van der Waals surface area contributed by atoms with Crippen LogP contribution in [-0.2, 0) is 9.53 Å². The van der Waals surface area contributed by atoms with Crippen molar-refractivity contribution in [2.45, 2.75) is 37.3 Å². The van der Waals surface area contributed by atoms with Crippen molar-refractivity contribution in [2.24, 2.45) is 0 Å². The zero-order chi connectivity index (χ0) is 16.1. The van der Waals surface area contributed by atoms with E-state index in [0.717, 1.165) is 25.9 Å². The number of nitrogens with one attached hydrogen (secondary N) is 1. The van der Waals surface area contributed by atoms with E-state index in [1.807, 2.05) is 6.07 Å². The van der Waals surface area contributed by atoms with Gasteiger partial charge in [-0.15, -0.1) is 0 Å². The van der Waals surface area contributed by atoms with Gasteiger partial charge in [0.2, 0.25) is 5.91 Å². The van der Waals surface area contributed by atoms with Crippen LogP contribution in [0.4, 0.5) is 0 Å². The van der Waals surface area contributed by atoms with Crippen molar-refractivity contribution in [1.82, 2.24) is 10.2 Å². The number of rotatable bonds is 4. The highest BCUT2D eigenvalue weighted by Gasteiger charge is 2.27. The smallest absolute Gasteiger partial charge is 0.234 e. The van der Waals surface area contributed by atoms with E-state index >= 15 is 0 Å². The van der Waals surface area contributed by atoms with Crippen LogP contribution >= 0.6 is 0 Å². The summed E-state index contributed by atoms with van der Waals surface area (Å²) in [6.07, 6.45) is 2.28. The molecule has 0 aromatic heterocycles. The summed E-state index contributed by atoms with van der Waals surface area (Å²) < 4.78 is 5.32. The number of hydrogen-bond donors (Lipinski definition) is 2. The summed E-state index contributed by atoms with van der Waals surface area (Å²) in [5.41, 5.74) is 1.40. The Labute approximate surface area is 137 Å². The molecule has 5 heteroatoms. The van der Waals surface area contributed by atoms with Crippen LogP contribution in [0.1, 0.15) is 30.7 Å². The Morgan fingerprint density at radius 2 is 1.96 bits per heavy atom. The average Bonchev–Trinajstić information content (AvgIpc) is 2.58. The van der Waals surface area contributed by atoms with Crippen molar-refractivity contribution >= 4 is 5.91 Å². The highest BCUT2D eigenvalue weighted by atomic mass is 16.5. The molecule has 2 fully saturated rings. The lowest BCUT2D eigenvalue weighted by molar-refractivity contribution is -0.126. The molecule has 2 atom stereocenters. The zero-order valence-corrected chi connectivity index (χ0v) is 13.5. The second kappa shape index (κ2) is 7.90. The summed E-state index contributed by atoms with van der Waals surface area (Å²) in [7, 11) is 0.